The molecule has 1 aromatic carbocycles. The number of benzene rings is 1. The molecular weight excluding hydrogens is 426 g/mol. The Morgan fingerprint density at radius 2 is 2.03 bits per heavy atom. The summed E-state index contributed by atoms with van der Waals surface area (Å²) in [4.78, 5) is 30.2. The summed E-state index contributed by atoms with van der Waals surface area (Å²) in [5, 5.41) is 19.6. The van der Waals surface area contributed by atoms with Crippen molar-refractivity contribution in [1.82, 2.24) is 4.98 Å². The molecule has 33 heavy (non-hydrogen) atoms. The number of hydrogen-bond acceptors (Lipinski definition) is 8. The van der Waals surface area contributed by atoms with Crippen LogP contribution in [0.4, 0.5) is 5.69 Å². The number of allylic oxidation sites excluding steroid dienone is 1. The number of methoxy groups -OCH3 is 1. The van der Waals surface area contributed by atoms with Gasteiger partial charge in [0.1, 0.15) is 5.75 Å². The van der Waals surface area contributed by atoms with Crippen molar-refractivity contribution < 1.29 is 28.9 Å². The van der Waals surface area contributed by atoms with E-state index >= 15 is 0 Å². The molecule has 9 heteroatoms. The van der Waals surface area contributed by atoms with E-state index in [0.717, 1.165) is 5.56 Å². The van der Waals surface area contributed by atoms with Crippen LogP contribution in [0.1, 0.15) is 48.9 Å². The second-order valence-corrected chi connectivity index (χ2v) is 7.44. The van der Waals surface area contributed by atoms with E-state index in [1.807, 2.05) is 13.8 Å². The van der Waals surface area contributed by atoms with Crippen molar-refractivity contribution in [2.45, 2.75) is 33.6 Å². The Morgan fingerprint density at radius 3 is 2.61 bits per heavy atom. The van der Waals surface area contributed by atoms with Gasteiger partial charge in [0, 0.05) is 24.4 Å². The van der Waals surface area contributed by atoms with Crippen molar-refractivity contribution in [3.8, 4) is 17.7 Å². The van der Waals surface area contributed by atoms with Gasteiger partial charge in [-0.3, -0.25) is 4.79 Å². The van der Waals surface area contributed by atoms with E-state index in [9.17, 15) is 20.0 Å². The van der Waals surface area contributed by atoms with Crippen LogP contribution >= 0.6 is 0 Å². The lowest BCUT2D eigenvalue weighted by atomic mass is 9.79. The number of ether oxygens (including phenoxy) is 3. The van der Waals surface area contributed by atoms with Gasteiger partial charge in [-0.05, 0) is 38.5 Å². The number of hydrogen-bond donors (Lipinski definition) is 1. The molecule has 3 rings (SSSR count). The van der Waals surface area contributed by atoms with Gasteiger partial charge in [0.05, 0.1) is 48.1 Å². The minimum Gasteiger partial charge on any atom is -0.496 e. The molecule has 1 aromatic heterocycles. The van der Waals surface area contributed by atoms with Crippen molar-refractivity contribution >= 4 is 17.6 Å². The van der Waals surface area contributed by atoms with Crippen LogP contribution in [-0.2, 0) is 14.3 Å². The molecule has 0 saturated carbocycles. The van der Waals surface area contributed by atoms with Gasteiger partial charge in [0.25, 0.3) is 0 Å². The molecule has 1 aliphatic heterocycles. The first-order valence-electron chi connectivity index (χ1n) is 10.3. The van der Waals surface area contributed by atoms with E-state index in [2.05, 4.69) is 11.1 Å². The number of fused-ring (bicyclic) bond motifs is 1. The molecule has 0 amide bonds. The Hall–Kier alpha value is -4.06. The van der Waals surface area contributed by atoms with Crippen LogP contribution in [-0.4, -0.2) is 42.5 Å². The second kappa shape index (κ2) is 9.61. The molecule has 9 nitrogen and oxygen atoms in total. The van der Waals surface area contributed by atoms with Gasteiger partial charge in [-0.1, -0.05) is 6.07 Å². The molecule has 0 fully saturated rings. The summed E-state index contributed by atoms with van der Waals surface area (Å²) in [5.41, 5.74) is 3.32. The summed E-state index contributed by atoms with van der Waals surface area (Å²) < 4.78 is 16.6. The molecule has 2 aromatic rings. The van der Waals surface area contributed by atoms with E-state index in [1.165, 1.54) is 14.0 Å². The number of carboxylic acid groups (broad SMARTS) is 1. The van der Waals surface area contributed by atoms with Gasteiger partial charge in [-0.15, -0.1) is 0 Å². The summed E-state index contributed by atoms with van der Waals surface area (Å²) in [6, 6.07) is 6.93. The number of carbonyl (C=O) groups excluding carboxylic acids is 1. The van der Waals surface area contributed by atoms with Crippen LogP contribution in [0.25, 0.3) is 0 Å². The lowest BCUT2D eigenvalue weighted by Crippen LogP contribution is -2.35. The highest BCUT2D eigenvalue weighted by molar-refractivity contribution is 5.94. The Kier molecular flexibility index (Phi) is 6.87. The summed E-state index contributed by atoms with van der Waals surface area (Å²) in [6.07, 6.45) is 1.64. The standard InChI is InChI=1S/C24H25N3O6/c1-6-32-23-21-20(17-8-7-16(10-25)9-18(17)31-5)19(24(29)30)14(3)27(12-33-15(4)28)22(21)13(2)11-26-23/h7-9,11,20H,6,12H2,1-5H3,(H,29,30)/t20-/m1/s1. The molecule has 0 bridgehead atoms. The minimum absolute atomic E-state index is 0.0611. The predicted octanol–water partition coefficient (Wildman–Crippen LogP) is 3.50. The third-order valence-electron chi connectivity index (χ3n) is 5.46. The van der Waals surface area contributed by atoms with Crippen LogP contribution in [0, 0.1) is 18.3 Å². The number of esters is 1. The quantitative estimate of drug-likeness (QED) is 0.630. The fourth-order valence-electron chi connectivity index (χ4n) is 4.06. The fourth-order valence-corrected chi connectivity index (χ4v) is 4.06. The summed E-state index contributed by atoms with van der Waals surface area (Å²) in [6.45, 7) is 6.75. The summed E-state index contributed by atoms with van der Waals surface area (Å²) in [7, 11) is 1.46. The normalized spacial score (nSPS) is 14.9. The maximum Gasteiger partial charge on any atom is 0.334 e. The van der Waals surface area contributed by atoms with Crippen molar-refractivity contribution in [2.75, 3.05) is 25.3 Å². The van der Waals surface area contributed by atoms with Crippen LogP contribution < -0.4 is 14.4 Å². The maximum atomic E-state index is 12.6. The molecule has 0 radical (unpaired) electrons. The van der Waals surface area contributed by atoms with E-state index < -0.39 is 17.9 Å². The van der Waals surface area contributed by atoms with E-state index in [1.54, 1.807) is 36.2 Å². The van der Waals surface area contributed by atoms with Gasteiger partial charge < -0.3 is 24.2 Å². The van der Waals surface area contributed by atoms with E-state index in [-0.39, 0.29) is 18.2 Å². The number of aromatic nitrogens is 1. The Bertz CT molecular complexity index is 1180. The van der Waals surface area contributed by atoms with Crippen LogP contribution in [0.5, 0.6) is 11.6 Å². The minimum atomic E-state index is -1.15. The summed E-state index contributed by atoms with van der Waals surface area (Å²) in [5.74, 6) is -1.80. The molecule has 0 unspecified atom stereocenters. The van der Waals surface area contributed by atoms with Gasteiger partial charge in [0.2, 0.25) is 5.88 Å². The van der Waals surface area contributed by atoms with Crippen molar-refractivity contribution in [3.63, 3.8) is 0 Å². The smallest absolute Gasteiger partial charge is 0.334 e. The number of carbonyl (C=O) groups is 2. The zero-order valence-corrected chi connectivity index (χ0v) is 19.1. The Morgan fingerprint density at radius 1 is 1.30 bits per heavy atom. The SMILES string of the molecule is CCOc1ncc(C)c2c1[C@H](c1ccc(C#N)cc1OC)C(C(=O)O)=C(C)N2COC(C)=O. The lowest BCUT2D eigenvalue weighted by molar-refractivity contribution is -0.140. The number of rotatable bonds is 7. The zero-order chi connectivity index (χ0) is 24.3. The first kappa shape index (κ1) is 23.6. The molecule has 0 saturated heterocycles. The average Bonchev–Trinajstić information content (AvgIpc) is 2.78. The number of nitrogens with zero attached hydrogens (tertiary/aromatic N) is 3. The lowest BCUT2D eigenvalue weighted by Gasteiger charge is -2.38. The molecule has 2 heterocycles. The number of carboxylic acids is 1. The molecular formula is C24H25N3O6. The van der Waals surface area contributed by atoms with Gasteiger partial charge in [-0.2, -0.15) is 5.26 Å². The molecule has 1 atom stereocenters. The highest BCUT2D eigenvalue weighted by atomic mass is 16.5. The number of nitriles is 1. The number of anilines is 1. The van der Waals surface area contributed by atoms with Gasteiger partial charge in [-0.25, -0.2) is 9.78 Å². The average molecular weight is 451 g/mol. The van der Waals surface area contributed by atoms with Crippen LogP contribution in [0.2, 0.25) is 0 Å². The first-order chi connectivity index (χ1) is 15.7. The van der Waals surface area contributed by atoms with Gasteiger partial charge in [0.15, 0.2) is 6.73 Å². The predicted molar refractivity (Wildman–Crippen MR) is 119 cm³/mol. The molecule has 1 aliphatic rings. The Balaban J connectivity index is 2.41. The third-order valence-corrected chi connectivity index (χ3v) is 5.46. The Labute approximate surface area is 191 Å². The first-order valence-corrected chi connectivity index (χ1v) is 10.3. The summed E-state index contributed by atoms with van der Waals surface area (Å²) >= 11 is 0. The molecule has 0 spiro atoms. The topological polar surface area (TPSA) is 122 Å². The van der Waals surface area contributed by atoms with Gasteiger partial charge >= 0.3 is 11.9 Å². The highest BCUT2D eigenvalue weighted by Crippen LogP contribution is 2.51. The largest absolute Gasteiger partial charge is 0.496 e. The van der Waals surface area contributed by atoms with E-state index in [4.69, 9.17) is 14.2 Å². The number of pyridine rings is 1. The zero-order valence-electron chi connectivity index (χ0n) is 19.1. The van der Waals surface area contributed by atoms with Crippen molar-refractivity contribution in [1.29, 1.82) is 5.26 Å². The van der Waals surface area contributed by atoms with Crippen LogP contribution in [0.3, 0.4) is 0 Å². The van der Waals surface area contributed by atoms with Crippen molar-refractivity contribution in [2.24, 2.45) is 0 Å². The second-order valence-electron chi connectivity index (χ2n) is 7.44. The maximum absolute atomic E-state index is 12.6. The van der Waals surface area contributed by atoms with E-state index in [0.29, 0.717) is 40.4 Å². The number of aryl methyl sites for hydroxylation is 1. The third kappa shape index (κ3) is 4.32. The highest BCUT2D eigenvalue weighted by Gasteiger charge is 2.41. The molecule has 1 N–H and O–H groups in total. The molecule has 0 aliphatic carbocycles. The van der Waals surface area contributed by atoms with Crippen LogP contribution in [0.15, 0.2) is 35.7 Å². The monoisotopic (exact) mass is 451 g/mol. The van der Waals surface area contributed by atoms with Crippen molar-refractivity contribution in [3.05, 3.63) is 57.9 Å². The molecule has 172 valence electrons. The fraction of sp³-hybridized carbons (Fsp3) is 0.333. The number of aliphatic carboxylic acids is 1.